The summed E-state index contributed by atoms with van der Waals surface area (Å²) in [6.45, 7) is 10.7. The van der Waals surface area contributed by atoms with Gasteiger partial charge in [0.1, 0.15) is 0 Å². The average molecular weight is 408 g/mol. The topological polar surface area (TPSA) is 70.1 Å². The Balaban J connectivity index is 1.80. The van der Waals surface area contributed by atoms with Gasteiger partial charge in [0.05, 0.1) is 24.2 Å². The maximum atomic E-state index is 13.1. The molecule has 2 aromatic carbocycles. The number of carboxylic acid groups (broad SMARTS) is 1. The van der Waals surface area contributed by atoms with Crippen LogP contribution in [-0.4, -0.2) is 49.3 Å². The van der Waals surface area contributed by atoms with Crippen LogP contribution in [0.25, 0.3) is 11.1 Å². The van der Waals surface area contributed by atoms with Crippen molar-refractivity contribution in [2.75, 3.05) is 36.1 Å². The third kappa shape index (κ3) is 3.25. The van der Waals surface area contributed by atoms with Crippen LogP contribution in [0, 0.1) is 0 Å². The number of nitrogens with zero attached hydrogens (tertiary/aromatic N) is 2. The van der Waals surface area contributed by atoms with Crippen LogP contribution >= 0.6 is 0 Å². The lowest BCUT2D eigenvalue weighted by molar-refractivity contribution is -0.122. The van der Waals surface area contributed by atoms with Crippen molar-refractivity contribution in [3.63, 3.8) is 0 Å². The molecule has 0 spiro atoms. The monoisotopic (exact) mass is 408 g/mol. The van der Waals surface area contributed by atoms with Crippen molar-refractivity contribution in [3.8, 4) is 11.1 Å². The van der Waals surface area contributed by atoms with Crippen molar-refractivity contribution in [2.45, 2.75) is 39.2 Å². The molecule has 2 aliphatic heterocycles. The highest BCUT2D eigenvalue weighted by Crippen LogP contribution is 2.46. The quantitative estimate of drug-likeness (QED) is 0.830. The summed E-state index contributed by atoms with van der Waals surface area (Å²) in [4.78, 5) is 29.2. The number of anilines is 2. The normalized spacial score (nSPS) is 18.1. The number of carbonyl (C=O) groups is 2. The molecular formula is C24H28N2O4. The molecule has 6 nitrogen and oxygen atoms in total. The van der Waals surface area contributed by atoms with Crippen molar-refractivity contribution in [2.24, 2.45) is 0 Å². The Hall–Kier alpha value is -2.86. The molecule has 0 bridgehead atoms. The van der Waals surface area contributed by atoms with Crippen molar-refractivity contribution in [3.05, 3.63) is 47.5 Å². The Labute approximate surface area is 177 Å². The number of amides is 1. The number of fused-ring (bicyclic) bond motifs is 1. The lowest BCUT2D eigenvalue weighted by Crippen LogP contribution is -2.40. The molecule has 1 fully saturated rings. The molecule has 30 heavy (non-hydrogen) atoms. The van der Waals surface area contributed by atoms with Crippen molar-refractivity contribution < 1.29 is 19.4 Å². The molecule has 0 saturated carbocycles. The van der Waals surface area contributed by atoms with Crippen LogP contribution in [0.1, 0.15) is 43.6 Å². The first-order valence-corrected chi connectivity index (χ1v) is 10.4. The third-order valence-electron chi connectivity index (χ3n) is 6.08. The summed E-state index contributed by atoms with van der Waals surface area (Å²) in [5.74, 6) is -1.07. The summed E-state index contributed by atoms with van der Waals surface area (Å²) >= 11 is 0. The van der Waals surface area contributed by atoms with E-state index < -0.39 is 11.4 Å². The lowest BCUT2D eigenvalue weighted by atomic mass is 9.82. The molecule has 1 saturated heterocycles. The summed E-state index contributed by atoms with van der Waals surface area (Å²) in [6, 6.07) is 11.7. The predicted octanol–water partition coefficient (Wildman–Crippen LogP) is 3.92. The van der Waals surface area contributed by atoms with Gasteiger partial charge in [-0.05, 0) is 63.1 Å². The molecule has 2 aromatic rings. The largest absolute Gasteiger partial charge is 0.478 e. The van der Waals surface area contributed by atoms with E-state index in [4.69, 9.17) is 4.74 Å². The first kappa shape index (κ1) is 20.4. The molecule has 0 aliphatic carbocycles. The molecule has 0 aromatic heterocycles. The van der Waals surface area contributed by atoms with E-state index >= 15 is 0 Å². The van der Waals surface area contributed by atoms with E-state index in [0.29, 0.717) is 11.3 Å². The summed E-state index contributed by atoms with van der Waals surface area (Å²) in [5, 5.41) is 9.93. The van der Waals surface area contributed by atoms with Crippen LogP contribution in [0.3, 0.4) is 0 Å². The van der Waals surface area contributed by atoms with Crippen LogP contribution in [0.15, 0.2) is 36.4 Å². The zero-order chi connectivity index (χ0) is 21.6. The van der Waals surface area contributed by atoms with Gasteiger partial charge in [-0.3, -0.25) is 4.79 Å². The fraction of sp³-hybridized carbons (Fsp3) is 0.417. The number of benzene rings is 2. The van der Waals surface area contributed by atoms with Crippen LogP contribution in [0.2, 0.25) is 0 Å². The van der Waals surface area contributed by atoms with E-state index in [1.807, 2.05) is 32.0 Å². The fourth-order valence-electron chi connectivity index (χ4n) is 4.53. The first-order valence-electron chi connectivity index (χ1n) is 10.4. The Morgan fingerprint density at radius 2 is 1.70 bits per heavy atom. The van der Waals surface area contributed by atoms with Crippen LogP contribution in [0.4, 0.5) is 11.4 Å². The van der Waals surface area contributed by atoms with E-state index in [2.05, 4.69) is 17.0 Å². The number of hydrogen-bond acceptors (Lipinski definition) is 4. The lowest BCUT2D eigenvalue weighted by Gasteiger charge is -2.29. The highest BCUT2D eigenvalue weighted by Gasteiger charge is 2.47. The van der Waals surface area contributed by atoms with E-state index in [0.717, 1.165) is 43.1 Å². The molecule has 2 aliphatic rings. The zero-order valence-electron chi connectivity index (χ0n) is 17.9. The highest BCUT2D eigenvalue weighted by molar-refractivity contribution is 6.12. The molecule has 0 unspecified atom stereocenters. The fourth-order valence-corrected chi connectivity index (χ4v) is 4.53. The smallest absolute Gasteiger partial charge is 0.336 e. The van der Waals surface area contributed by atoms with E-state index in [1.54, 1.807) is 24.8 Å². The minimum Gasteiger partial charge on any atom is -0.478 e. The zero-order valence-corrected chi connectivity index (χ0v) is 17.9. The van der Waals surface area contributed by atoms with Gasteiger partial charge in [-0.2, -0.15) is 0 Å². The number of ether oxygens (including phenoxy) is 1. The molecule has 6 heteroatoms. The number of morpholine rings is 1. The van der Waals surface area contributed by atoms with Gasteiger partial charge in [0.15, 0.2) is 0 Å². The van der Waals surface area contributed by atoms with Gasteiger partial charge in [-0.1, -0.05) is 12.1 Å². The Bertz CT molecular complexity index is 989. The first-order chi connectivity index (χ1) is 14.2. The maximum absolute atomic E-state index is 13.1. The van der Waals surface area contributed by atoms with Crippen LogP contribution in [-0.2, 0) is 14.9 Å². The third-order valence-corrected chi connectivity index (χ3v) is 6.08. The number of carbonyl (C=O) groups excluding carboxylic acids is 1. The van der Waals surface area contributed by atoms with E-state index in [9.17, 15) is 14.7 Å². The van der Waals surface area contributed by atoms with Gasteiger partial charge in [0, 0.05) is 36.1 Å². The van der Waals surface area contributed by atoms with Crippen LogP contribution in [0.5, 0.6) is 0 Å². The number of carboxylic acids is 1. The molecule has 2 heterocycles. The molecule has 0 radical (unpaired) electrons. The molecule has 1 amide bonds. The second kappa shape index (κ2) is 7.43. The number of hydrogen-bond donors (Lipinski definition) is 1. The standard InChI is InChI=1S/C24H28N2O4/c1-15(2)26-20-14-17(13-19(22(27)28)21(20)24(3,4)23(26)29)16-5-7-18(8-6-16)25-9-11-30-12-10-25/h5-8,13-15H,9-12H2,1-4H3,(H,27,28). The summed E-state index contributed by atoms with van der Waals surface area (Å²) in [7, 11) is 0. The van der Waals surface area contributed by atoms with Crippen molar-refractivity contribution in [1.82, 2.24) is 0 Å². The van der Waals surface area contributed by atoms with Gasteiger partial charge in [0.2, 0.25) is 5.91 Å². The van der Waals surface area contributed by atoms with Gasteiger partial charge in [-0.15, -0.1) is 0 Å². The minimum atomic E-state index is -1.01. The molecule has 1 N–H and O–H groups in total. The van der Waals surface area contributed by atoms with Crippen LogP contribution < -0.4 is 9.80 Å². The van der Waals surface area contributed by atoms with Gasteiger partial charge < -0.3 is 19.6 Å². The van der Waals surface area contributed by atoms with Crippen molar-refractivity contribution >= 4 is 23.3 Å². The summed E-state index contributed by atoms with van der Waals surface area (Å²) < 4.78 is 5.42. The average Bonchev–Trinajstić information content (AvgIpc) is 2.93. The highest BCUT2D eigenvalue weighted by atomic mass is 16.5. The Morgan fingerprint density at radius 3 is 2.27 bits per heavy atom. The van der Waals surface area contributed by atoms with E-state index in [-0.39, 0.29) is 17.5 Å². The molecule has 0 atom stereocenters. The Morgan fingerprint density at radius 1 is 1.07 bits per heavy atom. The number of rotatable bonds is 4. The SMILES string of the molecule is CC(C)N1C(=O)C(C)(C)c2c(C(=O)O)cc(-c3ccc(N4CCOCC4)cc3)cc21. The maximum Gasteiger partial charge on any atom is 0.336 e. The number of aromatic carboxylic acids is 1. The second-order valence-electron chi connectivity index (χ2n) is 8.76. The predicted molar refractivity (Wildman–Crippen MR) is 118 cm³/mol. The van der Waals surface area contributed by atoms with Gasteiger partial charge >= 0.3 is 5.97 Å². The second-order valence-corrected chi connectivity index (χ2v) is 8.76. The molecule has 4 rings (SSSR count). The Kier molecular flexibility index (Phi) is 5.06. The molecular weight excluding hydrogens is 380 g/mol. The van der Waals surface area contributed by atoms with Gasteiger partial charge in [-0.25, -0.2) is 4.79 Å². The summed E-state index contributed by atoms with van der Waals surface area (Å²) in [5.41, 5.74) is 3.48. The summed E-state index contributed by atoms with van der Waals surface area (Å²) in [6.07, 6.45) is 0. The molecule has 158 valence electrons. The minimum absolute atomic E-state index is 0.0568. The van der Waals surface area contributed by atoms with E-state index in [1.165, 1.54) is 0 Å². The van der Waals surface area contributed by atoms with Crippen molar-refractivity contribution in [1.29, 1.82) is 0 Å². The van der Waals surface area contributed by atoms with Gasteiger partial charge in [0.25, 0.3) is 0 Å².